The molecule has 0 aromatic carbocycles. The Labute approximate surface area is 124 Å². The van der Waals surface area contributed by atoms with Gasteiger partial charge in [0.1, 0.15) is 5.65 Å². The highest BCUT2D eigenvalue weighted by Gasteiger charge is 2.23. The van der Waals surface area contributed by atoms with E-state index in [0.717, 1.165) is 6.54 Å². The van der Waals surface area contributed by atoms with E-state index in [-0.39, 0.29) is 5.69 Å². The molecule has 0 radical (unpaired) electrons. The molecule has 0 spiro atoms. The third-order valence-corrected chi connectivity index (χ3v) is 4.33. The third-order valence-electron chi connectivity index (χ3n) is 4.33. The number of carboxylic acid groups (broad SMARTS) is 1. The van der Waals surface area contributed by atoms with Crippen molar-refractivity contribution in [3.8, 4) is 0 Å². The van der Waals surface area contributed by atoms with E-state index in [9.17, 15) is 9.90 Å². The second-order valence-corrected chi connectivity index (χ2v) is 5.90. The van der Waals surface area contributed by atoms with Crippen LogP contribution in [0.1, 0.15) is 42.6 Å². The second kappa shape index (κ2) is 5.76. The molecule has 1 fully saturated rings. The van der Waals surface area contributed by atoms with Crippen molar-refractivity contribution in [2.24, 2.45) is 5.92 Å². The van der Waals surface area contributed by atoms with Crippen LogP contribution in [0.2, 0.25) is 0 Å². The molecule has 0 unspecified atom stereocenters. The van der Waals surface area contributed by atoms with Gasteiger partial charge in [-0.25, -0.2) is 9.78 Å². The van der Waals surface area contributed by atoms with Gasteiger partial charge in [-0.15, -0.1) is 0 Å². The van der Waals surface area contributed by atoms with Crippen LogP contribution in [0.3, 0.4) is 0 Å². The van der Waals surface area contributed by atoms with Gasteiger partial charge in [0, 0.05) is 19.8 Å². The topological polar surface area (TPSA) is 57.8 Å². The SMILES string of the molecule is CN(CC1CCCCC1)c1nc2ccccn2c1C(=O)O. The Balaban J connectivity index is 1.91. The Kier molecular flexibility index (Phi) is 3.82. The minimum absolute atomic E-state index is 0.254. The van der Waals surface area contributed by atoms with Crippen LogP contribution in [0.5, 0.6) is 0 Å². The molecule has 1 N–H and O–H groups in total. The summed E-state index contributed by atoms with van der Waals surface area (Å²) in [5, 5.41) is 9.52. The van der Waals surface area contributed by atoms with Crippen LogP contribution in [0.25, 0.3) is 5.65 Å². The molecular formula is C16H21N3O2. The zero-order valence-corrected chi connectivity index (χ0v) is 12.3. The predicted molar refractivity (Wildman–Crippen MR) is 82.0 cm³/mol. The normalized spacial score (nSPS) is 16.2. The van der Waals surface area contributed by atoms with Crippen molar-refractivity contribution in [2.45, 2.75) is 32.1 Å². The van der Waals surface area contributed by atoms with E-state index in [1.54, 1.807) is 10.6 Å². The van der Waals surface area contributed by atoms with E-state index >= 15 is 0 Å². The summed E-state index contributed by atoms with van der Waals surface area (Å²) in [6.07, 6.45) is 8.13. The van der Waals surface area contributed by atoms with Crippen molar-refractivity contribution in [1.29, 1.82) is 0 Å². The molecule has 21 heavy (non-hydrogen) atoms. The van der Waals surface area contributed by atoms with Gasteiger partial charge in [-0.1, -0.05) is 25.3 Å². The Morgan fingerprint density at radius 2 is 2.14 bits per heavy atom. The average molecular weight is 287 g/mol. The minimum atomic E-state index is -0.931. The maximum Gasteiger partial charge on any atom is 0.356 e. The van der Waals surface area contributed by atoms with E-state index in [0.29, 0.717) is 17.4 Å². The molecule has 1 aliphatic carbocycles. The average Bonchev–Trinajstić information content (AvgIpc) is 2.88. The lowest BCUT2D eigenvalue weighted by Crippen LogP contribution is -2.28. The van der Waals surface area contributed by atoms with Crippen molar-refractivity contribution < 1.29 is 9.90 Å². The number of rotatable bonds is 4. The van der Waals surface area contributed by atoms with Gasteiger partial charge in [0.2, 0.25) is 0 Å². The molecule has 5 nitrogen and oxygen atoms in total. The first kappa shape index (κ1) is 13.9. The number of hydrogen-bond acceptors (Lipinski definition) is 3. The Morgan fingerprint density at radius 3 is 2.86 bits per heavy atom. The molecule has 0 aliphatic heterocycles. The first-order valence-electron chi connectivity index (χ1n) is 7.58. The van der Waals surface area contributed by atoms with Crippen molar-refractivity contribution in [3.63, 3.8) is 0 Å². The molecule has 1 saturated carbocycles. The number of nitrogens with zero attached hydrogens (tertiary/aromatic N) is 3. The van der Waals surface area contributed by atoms with E-state index in [1.807, 2.05) is 30.1 Å². The molecule has 0 bridgehead atoms. The fourth-order valence-electron chi connectivity index (χ4n) is 3.29. The minimum Gasteiger partial charge on any atom is -0.476 e. The molecule has 1 aliphatic rings. The number of fused-ring (bicyclic) bond motifs is 1. The zero-order valence-electron chi connectivity index (χ0n) is 12.3. The standard InChI is InChI=1S/C16H21N3O2/c1-18(11-12-7-3-2-4-8-12)15-14(16(20)21)19-10-6-5-9-13(19)17-15/h5-6,9-10,12H,2-4,7-8,11H2,1H3,(H,20,21). The van der Waals surface area contributed by atoms with Crippen LogP contribution in [0.4, 0.5) is 5.82 Å². The fraction of sp³-hybridized carbons (Fsp3) is 0.500. The lowest BCUT2D eigenvalue weighted by molar-refractivity contribution is 0.0690. The van der Waals surface area contributed by atoms with Gasteiger partial charge in [-0.3, -0.25) is 4.40 Å². The number of aromatic carboxylic acids is 1. The molecule has 0 amide bonds. The summed E-state index contributed by atoms with van der Waals surface area (Å²) in [5.41, 5.74) is 0.935. The highest BCUT2D eigenvalue weighted by molar-refractivity contribution is 5.93. The van der Waals surface area contributed by atoms with E-state index in [1.165, 1.54) is 32.1 Å². The Hall–Kier alpha value is -2.04. The fourth-order valence-corrected chi connectivity index (χ4v) is 3.29. The number of carboxylic acids is 1. The molecule has 0 atom stereocenters. The zero-order chi connectivity index (χ0) is 14.8. The summed E-state index contributed by atoms with van der Waals surface area (Å²) in [7, 11) is 1.95. The van der Waals surface area contributed by atoms with Gasteiger partial charge in [0.15, 0.2) is 11.5 Å². The summed E-state index contributed by atoms with van der Waals surface area (Å²) < 4.78 is 1.65. The number of aromatic nitrogens is 2. The maximum atomic E-state index is 11.6. The molecule has 3 rings (SSSR count). The first-order valence-corrected chi connectivity index (χ1v) is 7.58. The molecular weight excluding hydrogens is 266 g/mol. The van der Waals surface area contributed by atoms with Gasteiger partial charge < -0.3 is 10.0 Å². The largest absolute Gasteiger partial charge is 0.476 e. The molecule has 0 saturated heterocycles. The van der Waals surface area contributed by atoms with Crippen molar-refractivity contribution >= 4 is 17.4 Å². The number of pyridine rings is 1. The summed E-state index contributed by atoms with van der Waals surface area (Å²) in [5.74, 6) is 0.286. The highest BCUT2D eigenvalue weighted by Crippen LogP contribution is 2.27. The van der Waals surface area contributed by atoms with Gasteiger partial charge in [0.05, 0.1) is 0 Å². The van der Waals surface area contributed by atoms with E-state index < -0.39 is 5.97 Å². The summed E-state index contributed by atoms with van der Waals surface area (Å²) in [6, 6.07) is 5.54. The van der Waals surface area contributed by atoms with Crippen LogP contribution < -0.4 is 4.90 Å². The lowest BCUT2D eigenvalue weighted by atomic mass is 9.89. The molecule has 112 valence electrons. The molecule has 2 aromatic rings. The van der Waals surface area contributed by atoms with Crippen LogP contribution in [0.15, 0.2) is 24.4 Å². The monoisotopic (exact) mass is 287 g/mol. The van der Waals surface area contributed by atoms with Gasteiger partial charge >= 0.3 is 5.97 Å². The number of anilines is 1. The third kappa shape index (κ3) is 2.73. The number of hydrogen-bond donors (Lipinski definition) is 1. The first-order chi connectivity index (χ1) is 10.2. The van der Waals surface area contributed by atoms with Crippen LogP contribution in [-0.4, -0.2) is 34.1 Å². The molecule has 2 aromatic heterocycles. The van der Waals surface area contributed by atoms with E-state index in [4.69, 9.17) is 0 Å². The highest BCUT2D eigenvalue weighted by atomic mass is 16.4. The predicted octanol–water partition coefficient (Wildman–Crippen LogP) is 3.05. The number of imidazole rings is 1. The van der Waals surface area contributed by atoms with Crippen LogP contribution in [-0.2, 0) is 0 Å². The second-order valence-electron chi connectivity index (χ2n) is 5.90. The molecule has 2 heterocycles. The molecule has 5 heteroatoms. The quantitative estimate of drug-likeness (QED) is 0.939. The van der Waals surface area contributed by atoms with Gasteiger partial charge in [-0.2, -0.15) is 0 Å². The van der Waals surface area contributed by atoms with E-state index in [2.05, 4.69) is 4.98 Å². The summed E-state index contributed by atoms with van der Waals surface area (Å²) in [4.78, 5) is 18.1. The number of carbonyl (C=O) groups is 1. The lowest BCUT2D eigenvalue weighted by Gasteiger charge is -2.27. The maximum absolute atomic E-state index is 11.6. The van der Waals surface area contributed by atoms with Crippen LogP contribution in [0, 0.1) is 5.92 Å². The smallest absolute Gasteiger partial charge is 0.356 e. The summed E-state index contributed by atoms with van der Waals surface area (Å²) >= 11 is 0. The van der Waals surface area contributed by atoms with Crippen molar-refractivity contribution in [2.75, 3.05) is 18.5 Å². The summed E-state index contributed by atoms with van der Waals surface area (Å²) in [6.45, 7) is 0.879. The van der Waals surface area contributed by atoms with Gasteiger partial charge in [0.25, 0.3) is 0 Å². The van der Waals surface area contributed by atoms with Gasteiger partial charge in [-0.05, 0) is 30.9 Å². The Bertz CT molecular complexity index is 644. The van der Waals surface area contributed by atoms with Crippen molar-refractivity contribution in [3.05, 3.63) is 30.1 Å². The van der Waals surface area contributed by atoms with Crippen molar-refractivity contribution in [1.82, 2.24) is 9.38 Å². The Morgan fingerprint density at radius 1 is 1.38 bits per heavy atom. The van der Waals surface area contributed by atoms with Crippen LogP contribution >= 0.6 is 0 Å².